The van der Waals surface area contributed by atoms with Gasteiger partial charge in [0, 0.05) is 0 Å². The van der Waals surface area contributed by atoms with Crippen molar-refractivity contribution in [2.45, 2.75) is 44.6 Å². The molecule has 17 heavy (non-hydrogen) atoms. The average Bonchev–Trinajstić information content (AvgIpc) is 2.35. The fourth-order valence-electron chi connectivity index (χ4n) is 2.62. The molecule has 1 aliphatic carbocycles. The summed E-state index contributed by atoms with van der Waals surface area (Å²) in [6.07, 6.45) is 5.68. The largest absolute Gasteiger partial charge is 0.397 e. The lowest BCUT2D eigenvalue weighted by Crippen LogP contribution is -2.44. The summed E-state index contributed by atoms with van der Waals surface area (Å²) in [6.45, 7) is 2.23. The van der Waals surface area contributed by atoms with E-state index < -0.39 is 0 Å². The third kappa shape index (κ3) is 2.72. The fourth-order valence-corrected chi connectivity index (χ4v) is 2.62. The minimum atomic E-state index is -0.167. The van der Waals surface area contributed by atoms with Crippen LogP contribution < -0.4 is 11.1 Å². The van der Waals surface area contributed by atoms with E-state index in [4.69, 9.17) is 5.73 Å². The van der Waals surface area contributed by atoms with Gasteiger partial charge in [-0.15, -0.1) is 0 Å². The first kappa shape index (κ1) is 12.2. The van der Waals surface area contributed by atoms with E-state index in [0.717, 1.165) is 24.2 Å². The number of benzene rings is 1. The summed E-state index contributed by atoms with van der Waals surface area (Å²) in [5.74, 6) is 0. The van der Waals surface area contributed by atoms with Crippen molar-refractivity contribution in [1.29, 1.82) is 0 Å². The Morgan fingerprint density at radius 2 is 2.00 bits per heavy atom. The summed E-state index contributed by atoms with van der Waals surface area (Å²) >= 11 is 0. The molecule has 0 radical (unpaired) electrons. The number of aliphatic hydroxyl groups is 1. The lowest BCUT2D eigenvalue weighted by Gasteiger charge is -2.37. The lowest BCUT2D eigenvalue weighted by atomic mass is 9.82. The smallest absolute Gasteiger partial charge is 0.0661 e. The lowest BCUT2D eigenvalue weighted by molar-refractivity contribution is 0.173. The van der Waals surface area contributed by atoms with Gasteiger partial charge >= 0.3 is 0 Å². The SMILES string of the molecule is Cc1ccc(N)c(NC2(CO)CCCCC2)c1. The zero-order valence-electron chi connectivity index (χ0n) is 10.5. The third-order valence-electron chi connectivity index (χ3n) is 3.72. The van der Waals surface area contributed by atoms with Crippen LogP contribution >= 0.6 is 0 Å². The molecular formula is C14H22N2O. The van der Waals surface area contributed by atoms with Gasteiger partial charge in [0.25, 0.3) is 0 Å². The fraction of sp³-hybridized carbons (Fsp3) is 0.571. The first-order chi connectivity index (χ1) is 8.15. The zero-order chi connectivity index (χ0) is 12.3. The quantitative estimate of drug-likeness (QED) is 0.705. The van der Waals surface area contributed by atoms with Gasteiger partial charge in [-0.3, -0.25) is 0 Å². The highest BCUT2D eigenvalue weighted by Gasteiger charge is 2.31. The third-order valence-corrected chi connectivity index (χ3v) is 3.72. The first-order valence-electron chi connectivity index (χ1n) is 6.40. The summed E-state index contributed by atoms with van der Waals surface area (Å²) in [7, 11) is 0. The van der Waals surface area contributed by atoms with Crippen molar-refractivity contribution in [3.63, 3.8) is 0 Å². The molecule has 0 amide bonds. The van der Waals surface area contributed by atoms with Crippen LogP contribution in [0, 0.1) is 6.92 Å². The van der Waals surface area contributed by atoms with E-state index in [9.17, 15) is 5.11 Å². The van der Waals surface area contributed by atoms with Crippen molar-refractivity contribution in [3.8, 4) is 0 Å². The molecule has 4 N–H and O–H groups in total. The molecule has 0 bridgehead atoms. The van der Waals surface area contributed by atoms with Gasteiger partial charge in [0.05, 0.1) is 23.5 Å². The van der Waals surface area contributed by atoms with E-state index in [0.29, 0.717) is 0 Å². The Hall–Kier alpha value is -1.22. The summed E-state index contributed by atoms with van der Waals surface area (Å²) < 4.78 is 0. The van der Waals surface area contributed by atoms with Gasteiger partial charge in [0.15, 0.2) is 0 Å². The van der Waals surface area contributed by atoms with Crippen LogP contribution in [0.5, 0.6) is 0 Å². The number of nitrogens with two attached hydrogens (primary N) is 1. The summed E-state index contributed by atoms with van der Waals surface area (Å²) in [6, 6.07) is 5.99. The van der Waals surface area contributed by atoms with Crippen molar-refractivity contribution < 1.29 is 5.11 Å². The van der Waals surface area contributed by atoms with E-state index in [1.54, 1.807) is 0 Å². The van der Waals surface area contributed by atoms with Gasteiger partial charge < -0.3 is 16.2 Å². The minimum absolute atomic E-state index is 0.167. The van der Waals surface area contributed by atoms with Crippen LogP contribution in [0.4, 0.5) is 11.4 Å². The highest BCUT2D eigenvalue weighted by Crippen LogP contribution is 2.33. The summed E-state index contributed by atoms with van der Waals surface area (Å²) in [4.78, 5) is 0. The molecule has 1 aliphatic rings. The highest BCUT2D eigenvalue weighted by molar-refractivity contribution is 5.68. The topological polar surface area (TPSA) is 58.3 Å². The van der Waals surface area contributed by atoms with Crippen molar-refractivity contribution in [2.75, 3.05) is 17.7 Å². The van der Waals surface area contributed by atoms with Crippen LogP contribution in [0.25, 0.3) is 0 Å². The molecule has 0 spiro atoms. The van der Waals surface area contributed by atoms with Gasteiger partial charge in [0.1, 0.15) is 0 Å². The molecule has 3 nitrogen and oxygen atoms in total. The van der Waals surface area contributed by atoms with Gasteiger partial charge in [-0.05, 0) is 37.5 Å². The molecule has 0 saturated heterocycles. The maximum atomic E-state index is 9.66. The van der Waals surface area contributed by atoms with E-state index in [-0.39, 0.29) is 12.1 Å². The van der Waals surface area contributed by atoms with Gasteiger partial charge in [-0.1, -0.05) is 25.3 Å². The Morgan fingerprint density at radius 1 is 1.29 bits per heavy atom. The Labute approximate surface area is 103 Å². The second-order valence-electron chi connectivity index (χ2n) is 5.21. The van der Waals surface area contributed by atoms with Crippen molar-refractivity contribution in [1.82, 2.24) is 0 Å². The van der Waals surface area contributed by atoms with Crippen LogP contribution in [0.3, 0.4) is 0 Å². The van der Waals surface area contributed by atoms with E-state index in [1.165, 1.54) is 24.8 Å². The van der Waals surface area contributed by atoms with Crippen LogP contribution in [0.2, 0.25) is 0 Å². The number of nitrogens with one attached hydrogen (secondary N) is 1. The molecule has 1 fully saturated rings. The number of aliphatic hydroxyl groups excluding tert-OH is 1. The molecule has 1 aromatic carbocycles. The first-order valence-corrected chi connectivity index (χ1v) is 6.40. The number of rotatable bonds is 3. The van der Waals surface area contributed by atoms with Crippen LogP contribution in [0.15, 0.2) is 18.2 Å². The van der Waals surface area contributed by atoms with Crippen LogP contribution in [-0.4, -0.2) is 17.3 Å². The molecule has 94 valence electrons. The van der Waals surface area contributed by atoms with Gasteiger partial charge in [-0.2, -0.15) is 0 Å². The normalized spacial score (nSPS) is 18.9. The molecule has 0 aromatic heterocycles. The average molecular weight is 234 g/mol. The predicted molar refractivity (Wildman–Crippen MR) is 72.1 cm³/mol. The highest BCUT2D eigenvalue weighted by atomic mass is 16.3. The van der Waals surface area contributed by atoms with Crippen LogP contribution in [-0.2, 0) is 0 Å². The number of hydrogen-bond donors (Lipinski definition) is 3. The second-order valence-corrected chi connectivity index (χ2v) is 5.21. The van der Waals surface area contributed by atoms with Gasteiger partial charge in [0.2, 0.25) is 0 Å². The zero-order valence-corrected chi connectivity index (χ0v) is 10.5. The minimum Gasteiger partial charge on any atom is -0.397 e. The molecule has 0 atom stereocenters. The number of hydrogen-bond acceptors (Lipinski definition) is 3. The number of anilines is 2. The molecule has 1 aromatic rings. The number of aryl methyl sites for hydroxylation is 1. The monoisotopic (exact) mass is 234 g/mol. The van der Waals surface area contributed by atoms with E-state index >= 15 is 0 Å². The second kappa shape index (κ2) is 4.96. The molecule has 0 heterocycles. The summed E-state index contributed by atoms with van der Waals surface area (Å²) in [5, 5.41) is 13.1. The van der Waals surface area contributed by atoms with Crippen LogP contribution in [0.1, 0.15) is 37.7 Å². The summed E-state index contributed by atoms with van der Waals surface area (Å²) in [5.41, 5.74) is 8.71. The Morgan fingerprint density at radius 3 is 2.65 bits per heavy atom. The molecule has 3 heteroatoms. The molecule has 1 saturated carbocycles. The van der Waals surface area contributed by atoms with E-state index in [1.807, 2.05) is 12.1 Å². The molecular weight excluding hydrogens is 212 g/mol. The maximum absolute atomic E-state index is 9.66. The Bertz CT molecular complexity index is 384. The standard InChI is InChI=1S/C14H22N2O/c1-11-5-6-12(15)13(9-11)16-14(10-17)7-3-2-4-8-14/h5-6,9,16-17H,2-4,7-8,10,15H2,1H3. The molecule has 2 rings (SSSR count). The molecule has 0 aliphatic heterocycles. The van der Waals surface area contributed by atoms with Crippen molar-refractivity contribution >= 4 is 11.4 Å². The van der Waals surface area contributed by atoms with Gasteiger partial charge in [-0.25, -0.2) is 0 Å². The predicted octanol–water partition coefficient (Wildman–Crippen LogP) is 2.68. The maximum Gasteiger partial charge on any atom is 0.0661 e. The van der Waals surface area contributed by atoms with Crippen molar-refractivity contribution in [2.24, 2.45) is 0 Å². The van der Waals surface area contributed by atoms with E-state index in [2.05, 4.69) is 18.3 Å². The molecule has 0 unspecified atom stereocenters. The van der Waals surface area contributed by atoms with Crippen molar-refractivity contribution in [3.05, 3.63) is 23.8 Å². The number of nitrogen functional groups attached to an aromatic ring is 1. The Balaban J connectivity index is 2.20. The Kier molecular flexibility index (Phi) is 3.57.